The van der Waals surface area contributed by atoms with Crippen LogP contribution in [-0.4, -0.2) is 60.9 Å². The van der Waals surface area contributed by atoms with Crippen LogP contribution in [0, 0.1) is 0 Å². The summed E-state index contributed by atoms with van der Waals surface area (Å²) in [5.41, 5.74) is 0.249. The number of morpholine rings is 1. The van der Waals surface area contributed by atoms with Crippen LogP contribution in [0.5, 0.6) is 0 Å². The second kappa shape index (κ2) is 8.44. The summed E-state index contributed by atoms with van der Waals surface area (Å²) in [4.78, 5) is 12.5. The first-order chi connectivity index (χ1) is 12.5. The summed E-state index contributed by atoms with van der Waals surface area (Å²) >= 11 is 2.82. The van der Waals surface area contributed by atoms with E-state index in [9.17, 15) is 13.2 Å². The second-order valence-corrected chi connectivity index (χ2v) is 9.73. The van der Waals surface area contributed by atoms with E-state index in [-0.39, 0.29) is 10.5 Å². The van der Waals surface area contributed by atoms with Crippen LogP contribution >= 0.6 is 23.1 Å². The van der Waals surface area contributed by atoms with Gasteiger partial charge in [-0.25, -0.2) is 8.42 Å². The quantitative estimate of drug-likeness (QED) is 0.569. The van der Waals surface area contributed by atoms with E-state index >= 15 is 0 Å². The average Bonchev–Trinajstić information content (AvgIpc) is 3.10. The van der Waals surface area contributed by atoms with E-state index < -0.39 is 15.9 Å². The molecule has 140 valence electrons. The van der Waals surface area contributed by atoms with Crippen LogP contribution in [0.1, 0.15) is 17.3 Å². The SMILES string of the molecule is CCSc1nnc(NC(=O)c2cccc(S(=O)(=O)N3CCOCC3)c2)s1. The molecule has 0 bridgehead atoms. The number of rotatable bonds is 6. The van der Waals surface area contributed by atoms with Gasteiger partial charge in [-0.3, -0.25) is 10.1 Å². The Balaban J connectivity index is 1.76. The van der Waals surface area contributed by atoms with Crippen molar-refractivity contribution in [2.24, 2.45) is 0 Å². The van der Waals surface area contributed by atoms with Gasteiger partial charge in [-0.15, -0.1) is 10.2 Å². The predicted molar refractivity (Wildman–Crippen MR) is 100 cm³/mol. The van der Waals surface area contributed by atoms with Gasteiger partial charge in [0.15, 0.2) is 4.34 Å². The Labute approximate surface area is 160 Å². The fourth-order valence-corrected chi connectivity index (χ4v) is 5.44. The van der Waals surface area contributed by atoms with Gasteiger partial charge in [0.05, 0.1) is 18.1 Å². The number of ether oxygens (including phenoxy) is 1. The van der Waals surface area contributed by atoms with E-state index in [0.29, 0.717) is 31.4 Å². The first-order valence-electron chi connectivity index (χ1n) is 7.96. The highest BCUT2D eigenvalue weighted by molar-refractivity contribution is 8.01. The molecule has 0 saturated carbocycles. The monoisotopic (exact) mass is 414 g/mol. The smallest absolute Gasteiger partial charge is 0.257 e. The summed E-state index contributed by atoms with van der Waals surface area (Å²) in [6, 6.07) is 5.99. The molecule has 1 saturated heterocycles. The average molecular weight is 415 g/mol. The molecule has 0 unspecified atom stereocenters. The molecular weight excluding hydrogens is 396 g/mol. The van der Waals surface area contributed by atoms with Crippen molar-refractivity contribution >= 4 is 44.2 Å². The summed E-state index contributed by atoms with van der Waals surface area (Å²) in [5, 5.41) is 10.9. The zero-order valence-electron chi connectivity index (χ0n) is 14.0. The molecule has 3 rings (SSSR count). The summed E-state index contributed by atoms with van der Waals surface area (Å²) in [7, 11) is -3.65. The van der Waals surface area contributed by atoms with Crippen molar-refractivity contribution in [3.8, 4) is 0 Å². The topological polar surface area (TPSA) is 101 Å². The Bertz CT molecular complexity index is 879. The minimum atomic E-state index is -3.65. The maximum atomic E-state index is 12.7. The minimum absolute atomic E-state index is 0.0894. The number of hydrogen-bond donors (Lipinski definition) is 1. The van der Waals surface area contributed by atoms with Crippen LogP contribution < -0.4 is 5.32 Å². The molecule has 1 aliphatic heterocycles. The molecule has 0 atom stereocenters. The van der Waals surface area contributed by atoms with Gasteiger partial charge in [0.2, 0.25) is 15.2 Å². The number of aromatic nitrogens is 2. The standard InChI is InChI=1S/C15H18N4O4S3/c1-2-24-15-18-17-14(25-15)16-13(20)11-4-3-5-12(10-11)26(21,22)19-6-8-23-9-7-19/h3-5,10H,2,6-9H2,1H3,(H,16,17,20). The molecule has 26 heavy (non-hydrogen) atoms. The van der Waals surface area contributed by atoms with Crippen molar-refractivity contribution in [1.29, 1.82) is 0 Å². The number of anilines is 1. The molecule has 11 heteroatoms. The Morgan fingerprint density at radius 1 is 1.35 bits per heavy atom. The fraction of sp³-hybridized carbons (Fsp3) is 0.400. The lowest BCUT2D eigenvalue weighted by molar-refractivity contribution is 0.0730. The van der Waals surface area contributed by atoms with Crippen LogP contribution in [0.3, 0.4) is 0 Å². The molecule has 1 amide bonds. The number of nitrogens with one attached hydrogen (secondary N) is 1. The summed E-state index contributed by atoms with van der Waals surface area (Å²) in [6.07, 6.45) is 0. The molecule has 2 heterocycles. The first-order valence-corrected chi connectivity index (χ1v) is 11.2. The zero-order valence-corrected chi connectivity index (χ0v) is 16.5. The van der Waals surface area contributed by atoms with Gasteiger partial charge >= 0.3 is 0 Å². The molecule has 1 aromatic heterocycles. The number of carbonyl (C=O) groups is 1. The van der Waals surface area contributed by atoms with E-state index in [1.165, 1.54) is 39.5 Å². The molecule has 0 spiro atoms. The Morgan fingerprint density at radius 2 is 2.12 bits per heavy atom. The molecule has 0 aliphatic carbocycles. The van der Waals surface area contributed by atoms with Crippen molar-refractivity contribution in [2.75, 3.05) is 37.4 Å². The lowest BCUT2D eigenvalue weighted by Gasteiger charge is -2.26. The molecule has 1 fully saturated rings. The third-order valence-corrected chi connectivity index (χ3v) is 7.35. The number of amides is 1. The number of carbonyl (C=O) groups excluding carboxylic acids is 1. The zero-order chi connectivity index (χ0) is 18.6. The molecule has 1 aliphatic rings. The molecule has 8 nitrogen and oxygen atoms in total. The van der Waals surface area contributed by atoms with Gasteiger partial charge in [-0.2, -0.15) is 4.31 Å². The van der Waals surface area contributed by atoms with Crippen molar-refractivity contribution in [3.05, 3.63) is 29.8 Å². The van der Waals surface area contributed by atoms with Crippen molar-refractivity contribution in [2.45, 2.75) is 16.2 Å². The van der Waals surface area contributed by atoms with Crippen LogP contribution in [-0.2, 0) is 14.8 Å². The third kappa shape index (κ3) is 4.41. The largest absolute Gasteiger partial charge is 0.379 e. The van der Waals surface area contributed by atoms with Crippen LogP contribution in [0.4, 0.5) is 5.13 Å². The van der Waals surface area contributed by atoms with Crippen molar-refractivity contribution in [3.63, 3.8) is 0 Å². The van der Waals surface area contributed by atoms with Gasteiger partial charge in [-0.1, -0.05) is 36.1 Å². The first kappa shape index (κ1) is 19.2. The minimum Gasteiger partial charge on any atom is -0.379 e. The lowest BCUT2D eigenvalue weighted by atomic mass is 10.2. The number of hydrogen-bond acceptors (Lipinski definition) is 8. The van der Waals surface area contributed by atoms with Gasteiger partial charge in [-0.05, 0) is 24.0 Å². The Morgan fingerprint density at radius 3 is 2.85 bits per heavy atom. The maximum absolute atomic E-state index is 12.7. The highest BCUT2D eigenvalue weighted by Gasteiger charge is 2.27. The van der Waals surface area contributed by atoms with Gasteiger partial charge in [0.25, 0.3) is 5.91 Å². The van der Waals surface area contributed by atoms with E-state index in [2.05, 4.69) is 15.5 Å². The Hall–Kier alpha value is -1.53. The van der Waals surface area contributed by atoms with Gasteiger partial charge in [0.1, 0.15) is 0 Å². The number of benzene rings is 1. The van der Waals surface area contributed by atoms with Crippen molar-refractivity contribution < 1.29 is 17.9 Å². The van der Waals surface area contributed by atoms with Gasteiger partial charge < -0.3 is 4.74 Å². The normalized spacial score (nSPS) is 15.7. The predicted octanol–water partition coefficient (Wildman–Crippen LogP) is 1.92. The number of nitrogens with zero attached hydrogens (tertiary/aromatic N) is 3. The van der Waals surface area contributed by atoms with Crippen LogP contribution in [0.2, 0.25) is 0 Å². The fourth-order valence-electron chi connectivity index (χ4n) is 2.35. The van der Waals surface area contributed by atoms with E-state index in [4.69, 9.17) is 4.74 Å². The maximum Gasteiger partial charge on any atom is 0.257 e. The third-order valence-electron chi connectivity index (χ3n) is 3.60. The van der Waals surface area contributed by atoms with Gasteiger partial charge in [0, 0.05) is 18.7 Å². The summed E-state index contributed by atoms with van der Waals surface area (Å²) in [6.45, 7) is 3.36. The molecule has 1 N–H and O–H groups in total. The molecule has 0 radical (unpaired) electrons. The number of sulfonamides is 1. The molecule has 1 aromatic carbocycles. The van der Waals surface area contributed by atoms with E-state index in [1.54, 1.807) is 12.1 Å². The summed E-state index contributed by atoms with van der Waals surface area (Å²) < 4.78 is 32.8. The van der Waals surface area contributed by atoms with E-state index in [1.807, 2.05) is 6.92 Å². The number of thioether (sulfide) groups is 1. The Kier molecular flexibility index (Phi) is 6.24. The molecular formula is C15H18N4O4S3. The second-order valence-electron chi connectivity index (χ2n) is 5.30. The van der Waals surface area contributed by atoms with Crippen LogP contribution in [0.15, 0.2) is 33.5 Å². The highest BCUT2D eigenvalue weighted by Crippen LogP contribution is 2.25. The summed E-state index contributed by atoms with van der Waals surface area (Å²) in [5.74, 6) is 0.442. The van der Waals surface area contributed by atoms with Crippen molar-refractivity contribution in [1.82, 2.24) is 14.5 Å². The lowest BCUT2D eigenvalue weighted by Crippen LogP contribution is -2.40. The molecule has 2 aromatic rings. The van der Waals surface area contributed by atoms with Crippen LogP contribution in [0.25, 0.3) is 0 Å². The highest BCUT2D eigenvalue weighted by atomic mass is 32.2. The van der Waals surface area contributed by atoms with E-state index in [0.717, 1.165) is 10.1 Å².